The summed E-state index contributed by atoms with van der Waals surface area (Å²) in [5, 5.41) is 14.9. The summed E-state index contributed by atoms with van der Waals surface area (Å²) in [5.41, 5.74) is 10.4. The Kier molecular flexibility index (Phi) is 14.1. The van der Waals surface area contributed by atoms with Crippen molar-refractivity contribution in [1.29, 1.82) is 0 Å². The Labute approximate surface area is 266 Å². The number of hydrogen-bond donors (Lipinski definition) is 2. The van der Waals surface area contributed by atoms with Crippen molar-refractivity contribution in [2.45, 2.75) is 51.8 Å². The van der Waals surface area contributed by atoms with Crippen LogP contribution in [0.4, 0.5) is 0 Å². The van der Waals surface area contributed by atoms with Gasteiger partial charge < -0.3 is 0 Å². The van der Waals surface area contributed by atoms with Gasteiger partial charge in [-0.3, -0.25) is 0 Å². The summed E-state index contributed by atoms with van der Waals surface area (Å²) in [4.78, 5) is 0.703. The van der Waals surface area contributed by atoms with Gasteiger partial charge in [-0.15, -0.1) is 0 Å². The maximum atomic E-state index is 11.4. The first-order valence-corrected chi connectivity index (χ1v) is 17.5. The fraction of sp³-hybridized carbons (Fsp3) is 0.242. The van der Waals surface area contributed by atoms with E-state index in [1.165, 1.54) is 40.3 Å². The zero-order chi connectivity index (χ0) is 31.8. The normalized spacial score (nSPS) is 10.9. The minimum atomic E-state index is -3.14. The van der Waals surface area contributed by atoms with E-state index >= 15 is 0 Å². The van der Waals surface area contributed by atoms with Gasteiger partial charge in [-0.2, -0.15) is 0 Å². The molecule has 0 bridgehead atoms. The Morgan fingerprint density at radius 3 is 1.30 bits per heavy atom. The first-order chi connectivity index (χ1) is 19.5. The van der Waals surface area contributed by atoms with Crippen LogP contribution in [0.3, 0.4) is 0 Å². The van der Waals surface area contributed by atoms with Crippen molar-refractivity contribution in [3.05, 3.63) is 105 Å². The summed E-state index contributed by atoms with van der Waals surface area (Å²) in [6.07, 6.45) is 3.00. The van der Waals surface area contributed by atoms with Gasteiger partial charge in [0.2, 0.25) is 0 Å². The summed E-state index contributed by atoms with van der Waals surface area (Å²) in [5.74, 6) is 0. The summed E-state index contributed by atoms with van der Waals surface area (Å²) in [6.45, 7) is 10.4. The SMILES string of the molecule is C.Cc1cc(Br)c(-c2ccc(S(C)(=O)=O)cc2)cc1C.Cc1cc(C)c(-c2ccc(S(C)(=O)=O)cc2)cc1C.OB=CO. The molecule has 0 saturated heterocycles. The first kappa shape index (κ1) is 37.8. The topological polar surface area (TPSA) is 109 Å². The average Bonchev–Trinajstić information content (AvgIpc) is 2.92. The molecule has 10 heteroatoms. The van der Waals surface area contributed by atoms with E-state index in [-0.39, 0.29) is 7.43 Å². The van der Waals surface area contributed by atoms with Crippen molar-refractivity contribution in [3.63, 3.8) is 0 Å². The number of hydrogen-bond acceptors (Lipinski definition) is 6. The molecule has 0 atom stereocenters. The fourth-order valence-electron chi connectivity index (χ4n) is 4.04. The van der Waals surface area contributed by atoms with Gasteiger partial charge in [-0.05, 0) is 115 Å². The van der Waals surface area contributed by atoms with E-state index in [0.717, 1.165) is 26.7 Å². The van der Waals surface area contributed by atoms with Crippen LogP contribution in [-0.2, 0) is 19.7 Å². The molecule has 0 amide bonds. The van der Waals surface area contributed by atoms with E-state index in [1.807, 2.05) is 24.3 Å². The quantitative estimate of drug-likeness (QED) is 0.220. The molecular formula is C33H40BBrO6S2. The maximum absolute atomic E-state index is 11.4. The van der Waals surface area contributed by atoms with Crippen LogP contribution in [0.1, 0.15) is 35.2 Å². The van der Waals surface area contributed by atoms with Crippen LogP contribution in [-0.4, -0.2) is 52.8 Å². The molecule has 0 unspecified atom stereocenters. The Morgan fingerprint density at radius 1 is 0.605 bits per heavy atom. The molecule has 0 fully saturated rings. The molecule has 0 aliphatic rings. The fourth-order valence-corrected chi connectivity index (χ4v) is 5.98. The molecule has 0 aliphatic heterocycles. The van der Waals surface area contributed by atoms with E-state index in [2.05, 4.69) is 74.8 Å². The molecule has 4 rings (SSSR count). The van der Waals surface area contributed by atoms with Crippen LogP contribution >= 0.6 is 15.9 Å². The second-order valence-corrected chi connectivity index (χ2v) is 14.9. The van der Waals surface area contributed by atoms with Crippen molar-refractivity contribution in [2.24, 2.45) is 0 Å². The van der Waals surface area contributed by atoms with Crippen molar-refractivity contribution >= 4 is 48.9 Å². The van der Waals surface area contributed by atoms with Crippen LogP contribution in [0, 0.1) is 34.6 Å². The number of rotatable bonds is 4. The van der Waals surface area contributed by atoms with Crippen LogP contribution in [0.15, 0.2) is 87.1 Å². The third-order valence-electron chi connectivity index (χ3n) is 6.68. The molecule has 0 aliphatic carbocycles. The molecule has 2 N–H and O–H groups in total. The van der Waals surface area contributed by atoms with Crippen LogP contribution in [0.2, 0.25) is 0 Å². The molecule has 0 spiro atoms. The zero-order valence-electron chi connectivity index (χ0n) is 24.8. The van der Waals surface area contributed by atoms with Gasteiger partial charge in [-0.1, -0.05) is 65.8 Å². The van der Waals surface area contributed by atoms with Gasteiger partial charge in [0.15, 0.2) is 19.7 Å². The number of sulfone groups is 2. The molecule has 4 aromatic rings. The van der Waals surface area contributed by atoms with Gasteiger partial charge in [0, 0.05) is 17.0 Å². The van der Waals surface area contributed by atoms with Gasteiger partial charge in [0.05, 0.1) is 9.79 Å². The van der Waals surface area contributed by atoms with E-state index in [4.69, 9.17) is 10.1 Å². The second kappa shape index (κ2) is 16.0. The molecule has 0 saturated carbocycles. The Hall–Kier alpha value is -3.21. The second-order valence-electron chi connectivity index (χ2n) is 10.1. The van der Waals surface area contributed by atoms with Crippen LogP contribution in [0.25, 0.3) is 22.3 Å². The number of aliphatic hydroxyl groups is 1. The standard InChI is InChI=1S/C16H18O2S.C15H15BrO2S.CH3BO2.CH4/c1-11-9-13(3)16(10-12(11)2)14-5-7-15(8-6-14)19(4,17)18;1-10-8-14(15(16)9-11(10)2)12-4-6-13(7-5-12)19(3,17)18;3-1-2-4;/h5-10H,1-4H3;4-9H,1-3H3;1,3-4H;1H4. The zero-order valence-corrected chi connectivity index (χ0v) is 28.0. The molecule has 0 heterocycles. The van der Waals surface area contributed by atoms with E-state index < -0.39 is 19.7 Å². The molecular weight excluding hydrogens is 647 g/mol. The molecule has 230 valence electrons. The number of halogens is 1. The van der Waals surface area contributed by atoms with Gasteiger partial charge in [0.25, 0.3) is 0 Å². The van der Waals surface area contributed by atoms with Crippen molar-refractivity contribution in [3.8, 4) is 22.3 Å². The van der Waals surface area contributed by atoms with Crippen molar-refractivity contribution in [2.75, 3.05) is 12.5 Å². The van der Waals surface area contributed by atoms with Crippen molar-refractivity contribution < 1.29 is 27.0 Å². The molecule has 43 heavy (non-hydrogen) atoms. The van der Waals surface area contributed by atoms with E-state index in [1.54, 1.807) is 24.3 Å². The van der Waals surface area contributed by atoms with E-state index in [0.29, 0.717) is 23.1 Å². The third-order valence-corrected chi connectivity index (χ3v) is 9.59. The van der Waals surface area contributed by atoms with Gasteiger partial charge in [0.1, 0.15) is 0 Å². The Bertz CT molecular complexity index is 1650. The van der Waals surface area contributed by atoms with Crippen molar-refractivity contribution in [1.82, 2.24) is 0 Å². The first-order valence-electron chi connectivity index (χ1n) is 12.9. The molecule has 4 aromatic carbocycles. The summed E-state index contributed by atoms with van der Waals surface area (Å²) >= 11 is 3.56. The predicted octanol–water partition coefficient (Wildman–Crippen LogP) is 7.19. The number of aryl methyl sites for hydroxylation is 5. The summed E-state index contributed by atoms with van der Waals surface area (Å²) in [7, 11) is -5.71. The summed E-state index contributed by atoms with van der Waals surface area (Å²) in [6, 6.07) is 22.5. The predicted molar refractivity (Wildman–Crippen MR) is 184 cm³/mol. The summed E-state index contributed by atoms with van der Waals surface area (Å²) < 4.78 is 46.8. The molecule has 6 nitrogen and oxygen atoms in total. The van der Waals surface area contributed by atoms with Crippen LogP contribution in [0.5, 0.6) is 0 Å². The molecule has 0 aromatic heterocycles. The average molecular weight is 688 g/mol. The Morgan fingerprint density at radius 2 is 0.930 bits per heavy atom. The monoisotopic (exact) mass is 686 g/mol. The van der Waals surface area contributed by atoms with Gasteiger partial charge >= 0.3 is 23.4 Å². The molecule has 0 radical (unpaired) electrons. The number of benzene rings is 4. The van der Waals surface area contributed by atoms with Gasteiger partial charge in [-0.25, -0.2) is 16.8 Å². The van der Waals surface area contributed by atoms with E-state index in [9.17, 15) is 16.8 Å². The Balaban J connectivity index is 0.000000375. The minimum absolute atomic E-state index is 0. The van der Waals surface area contributed by atoms with Crippen LogP contribution < -0.4 is 0 Å². The number of aliphatic hydroxyl groups excluding tert-OH is 1. The third kappa shape index (κ3) is 10.8.